The van der Waals surface area contributed by atoms with Gasteiger partial charge >= 0.3 is 5.69 Å². The zero-order valence-corrected chi connectivity index (χ0v) is 17.3. The Kier molecular flexibility index (Phi) is 4.95. The lowest BCUT2D eigenvalue weighted by Crippen LogP contribution is -2.01. The lowest BCUT2D eigenvalue weighted by atomic mass is 9.96. The van der Waals surface area contributed by atoms with Crippen LogP contribution in [-0.4, -0.2) is 15.8 Å². The van der Waals surface area contributed by atoms with Gasteiger partial charge in [0.1, 0.15) is 5.58 Å². The molecular formula is C27H17NO5. The van der Waals surface area contributed by atoms with Crippen molar-refractivity contribution in [1.29, 1.82) is 0 Å². The fraction of sp³-hybridized carbons (Fsp3) is 0. The van der Waals surface area contributed by atoms with Crippen LogP contribution in [0, 0.1) is 10.1 Å². The second-order valence-electron chi connectivity index (χ2n) is 7.54. The Morgan fingerprint density at radius 3 is 2.15 bits per heavy atom. The van der Waals surface area contributed by atoms with E-state index in [1.165, 1.54) is 12.1 Å². The maximum Gasteiger partial charge on any atom is 0.311 e. The molecule has 0 saturated carbocycles. The van der Waals surface area contributed by atoms with Crippen LogP contribution in [0.15, 0.2) is 101 Å². The van der Waals surface area contributed by atoms with Gasteiger partial charge in [-0.3, -0.25) is 14.9 Å². The molecule has 0 radical (unpaired) electrons. The van der Waals surface area contributed by atoms with Gasteiger partial charge in [0.05, 0.1) is 4.92 Å². The summed E-state index contributed by atoms with van der Waals surface area (Å²) in [7, 11) is 0. The van der Waals surface area contributed by atoms with Gasteiger partial charge in [0.2, 0.25) is 5.78 Å². The fourth-order valence-corrected chi connectivity index (χ4v) is 3.89. The van der Waals surface area contributed by atoms with E-state index in [4.69, 9.17) is 4.42 Å². The number of carbonyl (C=O) groups is 1. The molecule has 0 saturated heterocycles. The zero-order valence-electron chi connectivity index (χ0n) is 17.3. The normalized spacial score (nSPS) is 10.9. The third-order valence-corrected chi connectivity index (χ3v) is 5.52. The molecule has 0 aliphatic heterocycles. The summed E-state index contributed by atoms with van der Waals surface area (Å²) < 4.78 is 5.99. The summed E-state index contributed by atoms with van der Waals surface area (Å²) in [5.41, 5.74) is 3.62. The van der Waals surface area contributed by atoms with Gasteiger partial charge in [0.25, 0.3) is 0 Å². The predicted molar refractivity (Wildman–Crippen MR) is 125 cm³/mol. The summed E-state index contributed by atoms with van der Waals surface area (Å²) in [6.45, 7) is 0. The molecule has 6 heteroatoms. The molecule has 0 fully saturated rings. The first kappa shape index (κ1) is 20.2. The van der Waals surface area contributed by atoms with E-state index < -0.39 is 4.92 Å². The highest BCUT2D eigenvalue weighted by molar-refractivity contribution is 6.15. The van der Waals surface area contributed by atoms with Gasteiger partial charge in [-0.2, -0.15) is 0 Å². The molecule has 160 valence electrons. The standard InChI is InChI=1S/C27H17NO5/c29-23-15-14-20(16-22(23)28(31)32)17-10-12-18(13-11-17)25-21-8-4-5-9-24(21)33-27(25)26(30)19-6-2-1-3-7-19/h1-16,29H. The Morgan fingerprint density at radius 2 is 1.42 bits per heavy atom. The van der Waals surface area contributed by atoms with Crippen LogP contribution in [0.1, 0.15) is 16.1 Å². The van der Waals surface area contributed by atoms with E-state index >= 15 is 0 Å². The highest BCUT2D eigenvalue weighted by Gasteiger charge is 2.23. The second kappa shape index (κ2) is 8.09. The number of phenolic OH excluding ortho intramolecular Hbond substituents is 1. The second-order valence-corrected chi connectivity index (χ2v) is 7.54. The number of carbonyl (C=O) groups excluding carboxylic acids is 1. The van der Waals surface area contributed by atoms with Crippen LogP contribution in [0.2, 0.25) is 0 Å². The van der Waals surface area contributed by atoms with Crippen LogP contribution in [0.3, 0.4) is 0 Å². The van der Waals surface area contributed by atoms with Crippen molar-refractivity contribution >= 4 is 22.4 Å². The molecule has 0 amide bonds. The van der Waals surface area contributed by atoms with Crippen molar-refractivity contribution in [3.05, 3.63) is 118 Å². The van der Waals surface area contributed by atoms with Gasteiger partial charge in [-0.1, -0.05) is 78.9 Å². The van der Waals surface area contributed by atoms with E-state index in [0.717, 1.165) is 16.5 Å². The van der Waals surface area contributed by atoms with Crippen molar-refractivity contribution in [2.24, 2.45) is 0 Å². The topological polar surface area (TPSA) is 93.6 Å². The van der Waals surface area contributed by atoms with Crippen molar-refractivity contribution in [2.45, 2.75) is 0 Å². The zero-order chi connectivity index (χ0) is 22.9. The van der Waals surface area contributed by atoms with Crippen LogP contribution in [0.4, 0.5) is 5.69 Å². The Balaban J connectivity index is 1.61. The highest BCUT2D eigenvalue weighted by atomic mass is 16.6. The Morgan fingerprint density at radius 1 is 0.788 bits per heavy atom. The van der Waals surface area contributed by atoms with Gasteiger partial charge in [-0.05, 0) is 28.8 Å². The number of aromatic hydroxyl groups is 1. The first-order valence-corrected chi connectivity index (χ1v) is 10.2. The minimum absolute atomic E-state index is 0.208. The van der Waals surface area contributed by atoms with E-state index in [1.807, 2.05) is 54.6 Å². The van der Waals surface area contributed by atoms with E-state index in [2.05, 4.69) is 0 Å². The molecular weight excluding hydrogens is 418 g/mol. The highest BCUT2D eigenvalue weighted by Crippen LogP contribution is 2.38. The van der Waals surface area contributed by atoms with Gasteiger partial charge in [-0.25, -0.2) is 0 Å². The quantitative estimate of drug-likeness (QED) is 0.190. The van der Waals surface area contributed by atoms with Gasteiger partial charge in [-0.15, -0.1) is 0 Å². The summed E-state index contributed by atoms with van der Waals surface area (Å²) >= 11 is 0. The lowest BCUT2D eigenvalue weighted by Gasteiger charge is -2.07. The van der Waals surface area contributed by atoms with Crippen molar-refractivity contribution < 1.29 is 19.2 Å². The molecule has 6 nitrogen and oxygen atoms in total. The van der Waals surface area contributed by atoms with Crippen LogP contribution in [0.25, 0.3) is 33.2 Å². The average molecular weight is 435 g/mol. The van der Waals surface area contributed by atoms with Crippen LogP contribution >= 0.6 is 0 Å². The number of nitrogens with zero attached hydrogens (tertiary/aromatic N) is 1. The monoisotopic (exact) mass is 435 g/mol. The number of para-hydroxylation sites is 1. The van der Waals surface area contributed by atoms with Crippen molar-refractivity contribution in [2.75, 3.05) is 0 Å². The smallest absolute Gasteiger partial charge is 0.311 e. The molecule has 33 heavy (non-hydrogen) atoms. The van der Waals surface area contributed by atoms with Crippen LogP contribution in [0.5, 0.6) is 5.75 Å². The number of nitro groups is 1. The minimum atomic E-state index is -0.619. The van der Waals surface area contributed by atoms with Gasteiger partial charge in [0.15, 0.2) is 11.5 Å². The predicted octanol–water partition coefficient (Wildman–Crippen LogP) is 6.61. The summed E-state index contributed by atoms with van der Waals surface area (Å²) in [5, 5.41) is 21.7. The summed E-state index contributed by atoms with van der Waals surface area (Å²) in [4.78, 5) is 23.8. The summed E-state index contributed by atoms with van der Waals surface area (Å²) in [6.07, 6.45) is 0. The molecule has 1 aromatic heterocycles. The molecule has 1 heterocycles. The first-order valence-electron chi connectivity index (χ1n) is 10.2. The van der Waals surface area contributed by atoms with E-state index in [-0.39, 0.29) is 23.0 Å². The fourth-order valence-electron chi connectivity index (χ4n) is 3.89. The molecule has 1 N–H and O–H groups in total. The third kappa shape index (κ3) is 3.64. The Labute approximate surface area is 188 Å². The molecule has 5 rings (SSSR count). The summed E-state index contributed by atoms with van der Waals surface area (Å²) in [6, 6.07) is 28.1. The number of furan rings is 1. The van der Waals surface area contributed by atoms with E-state index in [1.54, 1.807) is 30.3 Å². The number of phenols is 1. The Bertz CT molecular complexity index is 1500. The van der Waals surface area contributed by atoms with Crippen molar-refractivity contribution in [3.63, 3.8) is 0 Å². The molecule has 0 bridgehead atoms. The average Bonchev–Trinajstić information content (AvgIpc) is 3.24. The maximum atomic E-state index is 13.3. The minimum Gasteiger partial charge on any atom is -0.502 e. The van der Waals surface area contributed by atoms with E-state index in [9.17, 15) is 20.0 Å². The molecule has 0 aliphatic carbocycles. The summed E-state index contributed by atoms with van der Waals surface area (Å²) in [5.74, 6) is -0.329. The molecule has 0 atom stereocenters. The number of hydrogen-bond acceptors (Lipinski definition) is 5. The van der Waals surface area contributed by atoms with E-state index in [0.29, 0.717) is 22.3 Å². The molecule has 5 aromatic rings. The number of hydrogen-bond donors (Lipinski definition) is 1. The number of rotatable bonds is 5. The number of nitro benzene ring substituents is 1. The first-order chi connectivity index (χ1) is 16.0. The lowest BCUT2D eigenvalue weighted by molar-refractivity contribution is -0.385. The van der Waals surface area contributed by atoms with Gasteiger partial charge < -0.3 is 9.52 Å². The van der Waals surface area contributed by atoms with Crippen molar-refractivity contribution in [3.8, 4) is 28.0 Å². The SMILES string of the molecule is O=C(c1ccccc1)c1oc2ccccc2c1-c1ccc(-c2ccc(O)c([N+](=O)[O-])c2)cc1. The molecule has 0 unspecified atom stereocenters. The maximum absolute atomic E-state index is 13.3. The van der Waals surface area contributed by atoms with Gasteiger partial charge in [0, 0.05) is 22.6 Å². The van der Waals surface area contributed by atoms with Crippen molar-refractivity contribution in [1.82, 2.24) is 0 Å². The van der Waals surface area contributed by atoms with Crippen LogP contribution < -0.4 is 0 Å². The third-order valence-electron chi connectivity index (χ3n) is 5.52. The number of fused-ring (bicyclic) bond motifs is 1. The van der Waals surface area contributed by atoms with Crippen LogP contribution in [-0.2, 0) is 0 Å². The molecule has 0 spiro atoms. The number of benzene rings is 4. The molecule has 0 aliphatic rings. The largest absolute Gasteiger partial charge is 0.502 e. The number of ketones is 1. The molecule has 4 aromatic carbocycles. The Hall–Kier alpha value is -4.71.